The van der Waals surface area contributed by atoms with Crippen LogP contribution in [-0.4, -0.2) is 18.5 Å². The molecule has 0 aliphatic heterocycles. The summed E-state index contributed by atoms with van der Waals surface area (Å²) in [4.78, 5) is 14.0. The van der Waals surface area contributed by atoms with Crippen molar-refractivity contribution < 1.29 is 4.79 Å². The molecule has 3 nitrogen and oxygen atoms in total. The molecule has 0 unspecified atom stereocenters. The van der Waals surface area contributed by atoms with Crippen molar-refractivity contribution in [3.63, 3.8) is 0 Å². The summed E-state index contributed by atoms with van der Waals surface area (Å²) in [6, 6.07) is 7.50. The highest BCUT2D eigenvalue weighted by atomic mass is 16.2. The van der Waals surface area contributed by atoms with Crippen LogP contribution < -0.4 is 10.6 Å². The fraction of sp³-hybridized carbons (Fsp3) is 0.500. The van der Waals surface area contributed by atoms with E-state index >= 15 is 0 Å². The number of rotatable bonds is 4. The van der Waals surface area contributed by atoms with E-state index in [9.17, 15) is 4.79 Å². The molecule has 0 aromatic heterocycles. The van der Waals surface area contributed by atoms with Crippen LogP contribution in [0.4, 0.5) is 5.69 Å². The minimum absolute atomic E-state index is 0.00639. The number of hydrogen-bond donors (Lipinski definition) is 1. The first-order chi connectivity index (χ1) is 7.97. The first-order valence-electron chi connectivity index (χ1n) is 6.11. The Kier molecular flexibility index (Phi) is 4.70. The lowest BCUT2D eigenvalue weighted by atomic mass is 10.0. The maximum atomic E-state index is 12.2. The molecule has 1 aromatic rings. The lowest BCUT2D eigenvalue weighted by molar-refractivity contribution is -0.120. The van der Waals surface area contributed by atoms with Crippen LogP contribution in [0.25, 0.3) is 0 Å². The van der Waals surface area contributed by atoms with E-state index in [-0.39, 0.29) is 11.8 Å². The number of carbonyl (C=O) groups is 1. The predicted octanol–water partition coefficient (Wildman–Crippen LogP) is 2.33. The van der Waals surface area contributed by atoms with E-state index in [0.717, 1.165) is 11.3 Å². The van der Waals surface area contributed by atoms with Gasteiger partial charge in [0, 0.05) is 12.2 Å². The summed E-state index contributed by atoms with van der Waals surface area (Å²) in [6.45, 7) is 8.56. The summed E-state index contributed by atoms with van der Waals surface area (Å²) < 4.78 is 0. The minimum Gasteiger partial charge on any atom is -0.320 e. The first-order valence-corrected chi connectivity index (χ1v) is 6.11. The van der Waals surface area contributed by atoms with Gasteiger partial charge in [-0.1, -0.05) is 26.0 Å². The molecule has 1 amide bonds. The van der Waals surface area contributed by atoms with Crippen molar-refractivity contribution >= 4 is 11.6 Å². The summed E-state index contributed by atoms with van der Waals surface area (Å²) in [5.74, 6) is 0.148. The number of aryl methyl sites for hydroxylation is 1. The van der Waals surface area contributed by atoms with Gasteiger partial charge in [-0.15, -0.1) is 0 Å². The zero-order valence-corrected chi connectivity index (χ0v) is 11.1. The molecule has 0 saturated carbocycles. The SMILES string of the molecule is CCN(C(=O)[C@@H](N)C(C)C)c1cccc(C)c1. The van der Waals surface area contributed by atoms with E-state index in [4.69, 9.17) is 5.73 Å². The predicted molar refractivity (Wildman–Crippen MR) is 72.0 cm³/mol. The molecule has 0 aliphatic rings. The van der Waals surface area contributed by atoms with Gasteiger partial charge in [0.05, 0.1) is 6.04 Å². The summed E-state index contributed by atoms with van der Waals surface area (Å²) in [5.41, 5.74) is 7.99. The maximum Gasteiger partial charge on any atom is 0.244 e. The number of amides is 1. The third-order valence-corrected chi connectivity index (χ3v) is 2.90. The smallest absolute Gasteiger partial charge is 0.244 e. The molecule has 2 N–H and O–H groups in total. The fourth-order valence-electron chi connectivity index (χ4n) is 1.73. The van der Waals surface area contributed by atoms with Crippen LogP contribution in [-0.2, 0) is 4.79 Å². The van der Waals surface area contributed by atoms with Crippen molar-refractivity contribution in [2.45, 2.75) is 33.7 Å². The summed E-state index contributed by atoms with van der Waals surface area (Å²) >= 11 is 0. The molecule has 0 fully saturated rings. The summed E-state index contributed by atoms with van der Waals surface area (Å²) in [6.07, 6.45) is 0. The number of benzene rings is 1. The Bertz CT molecular complexity index is 388. The number of carbonyl (C=O) groups excluding carboxylic acids is 1. The molecule has 0 spiro atoms. The average Bonchev–Trinajstić information content (AvgIpc) is 2.28. The Morgan fingerprint density at radius 1 is 1.41 bits per heavy atom. The number of likely N-dealkylation sites (N-methyl/N-ethyl adjacent to an activating group) is 1. The van der Waals surface area contributed by atoms with Crippen LogP contribution in [0.5, 0.6) is 0 Å². The van der Waals surface area contributed by atoms with Gasteiger partial charge in [-0.05, 0) is 37.5 Å². The Balaban J connectivity index is 2.96. The van der Waals surface area contributed by atoms with Crippen LogP contribution in [0.2, 0.25) is 0 Å². The molecule has 1 rings (SSSR count). The van der Waals surface area contributed by atoms with E-state index in [2.05, 4.69) is 0 Å². The van der Waals surface area contributed by atoms with E-state index in [1.165, 1.54) is 0 Å². The molecule has 0 saturated heterocycles. The second kappa shape index (κ2) is 5.82. The lowest BCUT2D eigenvalue weighted by Gasteiger charge is -2.26. The number of anilines is 1. The molecule has 0 heterocycles. The van der Waals surface area contributed by atoms with Gasteiger partial charge in [0.15, 0.2) is 0 Å². The van der Waals surface area contributed by atoms with Gasteiger partial charge in [0.2, 0.25) is 5.91 Å². The molecule has 1 atom stereocenters. The number of nitrogens with zero attached hydrogens (tertiary/aromatic N) is 1. The molecular weight excluding hydrogens is 212 g/mol. The topological polar surface area (TPSA) is 46.3 Å². The van der Waals surface area contributed by atoms with E-state index in [1.54, 1.807) is 4.90 Å². The van der Waals surface area contributed by atoms with E-state index < -0.39 is 6.04 Å². The minimum atomic E-state index is -0.435. The monoisotopic (exact) mass is 234 g/mol. The summed E-state index contributed by atoms with van der Waals surface area (Å²) in [5, 5.41) is 0. The van der Waals surface area contributed by atoms with Crippen molar-refractivity contribution in [2.24, 2.45) is 11.7 Å². The molecule has 94 valence electrons. The third-order valence-electron chi connectivity index (χ3n) is 2.90. The van der Waals surface area contributed by atoms with Crippen molar-refractivity contribution in [3.8, 4) is 0 Å². The van der Waals surface area contributed by atoms with Gasteiger partial charge in [-0.3, -0.25) is 4.79 Å². The lowest BCUT2D eigenvalue weighted by Crippen LogP contribution is -2.46. The molecule has 3 heteroatoms. The molecule has 0 radical (unpaired) electrons. The number of nitrogens with two attached hydrogens (primary N) is 1. The van der Waals surface area contributed by atoms with Gasteiger partial charge in [0.25, 0.3) is 0 Å². The van der Waals surface area contributed by atoms with Gasteiger partial charge < -0.3 is 10.6 Å². The van der Waals surface area contributed by atoms with E-state index in [0.29, 0.717) is 6.54 Å². The molecule has 0 bridgehead atoms. The standard InChI is InChI=1S/C14H22N2O/c1-5-16(14(17)13(15)10(2)3)12-8-6-7-11(4)9-12/h6-10,13H,5,15H2,1-4H3/t13-/m0/s1. The fourth-order valence-corrected chi connectivity index (χ4v) is 1.73. The number of hydrogen-bond acceptors (Lipinski definition) is 2. The van der Waals surface area contributed by atoms with Crippen molar-refractivity contribution in [3.05, 3.63) is 29.8 Å². The highest BCUT2D eigenvalue weighted by molar-refractivity contribution is 5.97. The van der Waals surface area contributed by atoms with Crippen molar-refractivity contribution in [1.82, 2.24) is 0 Å². The zero-order chi connectivity index (χ0) is 13.0. The van der Waals surface area contributed by atoms with Gasteiger partial charge >= 0.3 is 0 Å². The van der Waals surface area contributed by atoms with Crippen LogP contribution in [0.1, 0.15) is 26.3 Å². The Hall–Kier alpha value is -1.35. The normalized spacial score (nSPS) is 12.6. The second-order valence-electron chi connectivity index (χ2n) is 4.69. The molecule has 17 heavy (non-hydrogen) atoms. The van der Waals surface area contributed by atoms with Crippen LogP contribution in [0.3, 0.4) is 0 Å². The zero-order valence-electron chi connectivity index (χ0n) is 11.1. The quantitative estimate of drug-likeness (QED) is 0.869. The first kappa shape index (κ1) is 13.7. The van der Waals surface area contributed by atoms with E-state index in [1.807, 2.05) is 52.0 Å². The highest BCUT2D eigenvalue weighted by Crippen LogP contribution is 2.17. The van der Waals surface area contributed by atoms with Crippen LogP contribution in [0.15, 0.2) is 24.3 Å². The Morgan fingerprint density at radius 3 is 2.53 bits per heavy atom. The largest absolute Gasteiger partial charge is 0.320 e. The Labute approximate surface area is 104 Å². The maximum absolute atomic E-state index is 12.2. The van der Waals surface area contributed by atoms with Crippen LogP contribution >= 0.6 is 0 Å². The van der Waals surface area contributed by atoms with Gasteiger partial charge in [-0.2, -0.15) is 0 Å². The second-order valence-corrected chi connectivity index (χ2v) is 4.69. The van der Waals surface area contributed by atoms with Gasteiger partial charge in [0.1, 0.15) is 0 Å². The van der Waals surface area contributed by atoms with Crippen molar-refractivity contribution in [2.75, 3.05) is 11.4 Å². The van der Waals surface area contributed by atoms with Crippen LogP contribution in [0, 0.1) is 12.8 Å². The summed E-state index contributed by atoms with van der Waals surface area (Å²) in [7, 11) is 0. The highest BCUT2D eigenvalue weighted by Gasteiger charge is 2.23. The average molecular weight is 234 g/mol. The molecular formula is C14H22N2O. The van der Waals surface area contributed by atoms with Gasteiger partial charge in [-0.25, -0.2) is 0 Å². The third kappa shape index (κ3) is 3.30. The Morgan fingerprint density at radius 2 is 2.06 bits per heavy atom. The van der Waals surface area contributed by atoms with Crippen molar-refractivity contribution in [1.29, 1.82) is 0 Å². The molecule has 1 aromatic carbocycles. The molecule has 0 aliphatic carbocycles.